The van der Waals surface area contributed by atoms with E-state index in [0.29, 0.717) is 22.9 Å². The molecule has 4 rings (SSSR count). The van der Waals surface area contributed by atoms with E-state index in [9.17, 15) is 8.42 Å². The van der Waals surface area contributed by atoms with Gasteiger partial charge < -0.3 is 9.13 Å². The highest BCUT2D eigenvalue weighted by molar-refractivity contribution is 7.91. The maximum Gasteiger partial charge on any atom is 0.206 e. The molecule has 0 atom stereocenters. The van der Waals surface area contributed by atoms with Crippen molar-refractivity contribution < 1.29 is 8.42 Å². The van der Waals surface area contributed by atoms with Gasteiger partial charge in [-0.2, -0.15) is 0 Å². The Labute approximate surface area is 157 Å². The van der Waals surface area contributed by atoms with Crippen molar-refractivity contribution in [3.05, 3.63) is 97.1 Å². The van der Waals surface area contributed by atoms with Crippen LogP contribution < -0.4 is 0 Å². The molecule has 0 N–H and O–H groups in total. The predicted octanol–water partition coefficient (Wildman–Crippen LogP) is 3.01. The van der Waals surface area contributed by atoms with Gasteiger partial charge in [-0.3, -0.25) is 0 Å². The van der Waals surface area contributed by atoms with Gasteiger partial charge in [-0.1, -0.05) is 24.3 Å². The van der Waals surface area contributed by atoms with E-state index in [0.717, 1.165) is 11.1 Å². The Balaban J connectivity index is 1.52. The minimum absolute atomic E-state index is 0.291. The first-order valence-corrected chi connectivity index (χ1v) is 9.94. The number of rotatable bonds is 6. The number of aromatic nitrogens is 4. The van der Waals surface area contributed by atoms with Crippen molar-refractivity contribution in [2.45, 2.75) is 22.9 Å². The van der Waals surface area contributed by atoms with Crippen LogP contribution in [0.4, 0.5) is 0 Å². The molecule has 4 aromatic rings. The largest absolute Gasteiger partial charge is 0.333 e. The van der Waals surface area contributed by atoms with Crippen molar-refractivity contribution in [2.24, 2.45) is 0 Å². The second-order valence-electron chi connectivity index (χ2n) is 6.26. The Bertz CT molecular complexity index is 1010. The minimum Gasteiger partial charge on any atom is -0.333 e. The Morgan fingerprint density at radius 1 is 0.667 bits per heavy atom. The Morgan fingerprint density at radius 2 is 1.07 bits per heavy atom. The van der Waals surface area contributed by atoms with E-state index in [2.05, 4.69) is 9.97 Å². The van der Waals surface area contributed by atoms with Crippen LogP contribution in [0, 0.1) is 0 Å². The van der Waals surface area contributed by atoms with E-state index in [1.54, 1.807) is 49.3 Å². The van der Waals surface area contributed by atoms with Gasteiger partial charge in [0.2, 0.25) is 9.84 Å². The molecule has 0 fully saturated rings. The summed E-state index contributed by atoms with van der Waals surface area (Å²) in [6.07, 6.45) is 10.6. The molecule has 0 amide bonds. The van der Waals surface area contributed by atoms with Crippen molar-refractivity contribution in [3.8, 4) is 0 Å². The van der Waals surface area contributed by atoms with Gasteiger partial charge in [-0.05, 0) is 35.4 Å². The first-order valence-electron chi connectivity index (χ1n) is 8.46. The van der Waals surface area contributed by atoms with Crippen LogP contribution in [-0.2, 0) is 22.9 Å². The Morgan fingerprint density at radius 3 is 1.41 bits per heavy atom. The Hall–Kier alpha value is -3.19. The van der Waals surface area contributed by atoms with Gasteiger partial charge >= 0.3 is 0 Å². The van der Waals surface area contributed by atoms with Crippen LogP contribution in [0.2, 0.25) is 0 Å². The van der Waals surface area contributed by atoms with Crippen LogP contribution in [0.5, 0.6) is 0 Å². The normalized spacial score (nSPS) is 11.6. The van der Waals surface area contributed by atoms with Gasteiger partial charge in [-0.25, -0.2) is 18.4 Å². The summed E-state index contributed by atoms with van der Waals surface area (Å²) in [7, 11) is -3.53. The van der Waals surface area contributed by atoms with Crippen molar-refractivity contribution in [1.82, 2.24) is 19.1 Å². The topological polar surface area (TPSA) is 69.8 Å². The van der Waals surface area contributed by atoms with Crippen molar-refractivity contribution >= 4 is 9.84 Å². The number of sulfone groups is 1. The van der Waals surface area contributed by atoms with Crippen molar-refractivity contribution in [1.29, 1.82) is 0 Å². The fraction of sp³-hybridized carbons (Fsp3) is 0.100. The van der Waals surface area contributed by atoms with Crippen LogP contribution in [0.1, 0.15) is 11.1 Å². The molecule has 0 bridgehead atoms. The van der Waals surface area contributed by atoms with Gasteiger partial charge in [0.15, 0.2) is 0 Å². The highest BCUT2D eigenvalue weighted by Gasteiger charge is 2.17. The lowest BCUT2D eigenvalue weighted by atomic mass is 10.2. The smallest absolute Gasteiger partial charge is 0.206 e. The SMILES string of the molecule is O=S(=O)(c1ccc(Cn2ccnc2)cc1)c1ccc(Cn2ccnc2)cc1. The molecule has 0 aliphatic carbocycles. The first-order chi connectivity index (χ1) is 13.1. The van der Waals surface area contributed by atoms with Crippen molar-refractivity contribution in [2.75, 3.05) is 0 Å². The predicted molar refractivity (Wildman–Crippen MR) is 101 cm³/mol. The number of benzene rings is 2. The zero-order valence-corrected chi connectivity index (χ0v) is 15.3. The molecule has 2 aromatic heterocycles. The Kier molecular flexibility index (Phi) is 4.60. The van der Waals surface area contributed by atoms with E-state index >= 15 is 0 Å². The van der Waals surface area contributed by atoms with Crippen molar-refractivity contribution in [3.63, 3.8) is 0 Å². The molecule has 0 saturated heterocycles. The third kappa shape index (κ3) is 3.83. The highest BCUT2D eigenvalue weighted by atomic mass is 32.2. The lowest BCUT2D eigenvalue weighted by molar-refractivity contribution is 0.596. The third-order valence-corrected chi connectivity index (χ3v) is 6.10. The fourth-order valence-corrected chi connectivity index (χ4v) is 4.13. The highest BCUT2D eigenvalue weighted by Crippen LogP contribution is 2.22. The zero-order valence-electron chi connectivity index (χ0n) is 14.5. The molecule has 0 radical (unpaired) electrons. The number of hydrogen-bond acceptors (Lipinski definition) is 4. The maximum absolute atomic E-state index is 12.9. The average molecular weight is 378 g/mol. The van der Waals surface area contributed by atoms with Gasteiger partial charge in [0.25, 0.3) is 0 Å². The summed E-state index contributed by atoms with van der Waals surface area (Å²) in [5, 5.41) is 0. The van der Waals surface area contributed by atoms with Gasteiger partial charge in [0, 0.05) is 37.9 Å². The molecule has 0 aliphatic rings. The van der Waals surface area contributed by atoms with Crippen LogP contribution in [-0.4, -0.2) is 27.5 Å². The molecule has 2 heterocycles. The number of imidazole rings is 2. The van der Waals surface area contributed by atoms with E-state index in [1.807, 2.05) is 45.8 Å². The maximum atomic E-state index is 12.9. The molecular formula is C20H18N4O2S. The summed E-state index contributed by atoms with van der Waals surface area (Å²) in [6.45, 7) is 1.31. The molecular weight excluding hydrogens is 360 g/mol. The zero-order chi connectivity index (χ0) is 18.7. The van der Waals surface area contributed by atoms with Gasteiger partial charge in [0.05, 0.1) is 22.4 Å². The summed E-state index contributed by atoms with van der Waals surface area (Å²) in [6, 6.07) is 13.9. The quantitative estimate of drug-likeness (QED) is 0.517. The second-order valence-corrected chi connectivity index (χ2v) is 8.21. The molecule has 6 nitrogen and oxygen atoms in total. The molecule has 27 heavy (non-hydrogen) atoms. The summed E-state index contributed by atoms with van der Waals surface area (Å²) in [5.74, 6) is 0. The third-order valence-electron chi connectivity index (χ3n) is 4.32. The standard InChI is InChI=1S/C20H18N4O2S/c25-27(26,19-5-1-17(2-6-19)13-23-11-9-21-15-23)20-7-3-18(4-8-20)14-24-12-10-22-16-24/h1-12,15-16H,13-14H2. The van der Waals surface area contributed by atoms with Crippen LogP contribution in [0.15, 0.2) is 95.8 Å². The van der Waals surface area contributed by atoms with Crippen LogP contribution in [0.3, 0.4) is 0 Å². The van der Waals surface area contributed by atoms with Gasteiger partial charge in [-0.15, -0.1) is 0 Å². The minimum atomic E-state index is -3.53. The summed E-state index contributed by atoms with van der Waals surface area (Å²) in [5.41, 5.74) is 2.03. The molecule has 0 unspecified atom stereocenters. The molecule has 0 saturated carbocycles. The number of hydrogen-bond donors (Lipinski definition) is 0. The van der Waals surface area contributed by atoms with E-state index in [1.165, 1.54) is 0 Å². The summed E-state index contributed by atoms with van der Waals surface area (Å²) < 4.78 is 29.6. The molecule has 0 spiro atoms. The molecule has 0 aliphatic heterocycles. The van der Waals surface area contributed by atoms with E-state index < -0.39 is 9.84 Å². The number of nitrogens with zero attached hydrogens (tertiary/aromatic N) is 4. The lowest BCUT2D eigenvalue weighted by Gasteiger charge is -2.08. The molecule has 136 valence electrons. The van der Waals surface area contributed by atoms with Crippen LogP contribution in [0.25, 0.3) is 0 Å². The molecule has 2 aromatic carbocycles. The van der Waals surface area contributed by atoms with E-state index in [4.69, 9.17) is 0 Å². The van der Waals surface area contributed by atoms with Crippen LogP contribution >= 0.6 is 0 Å². The molecule has 7 heteroatoms. The average Bonchev–Trinajstić information content (AvgIpc) is 3.37. The van der Waals surface area contributed by atoms with E-state index in [-0.39, 0.29) is 0 Å². The van der Waals surface area contributed by atoms with Gasteiger partial charge in [0.1, 0.15) is 0 Å². The lowest BCUT2D eigenvalue weighted by Crippen LogP contribution is -2.04. The fourth-order valence-electron chi connectivity index (χ4n) is 2.87. The monoisotopic (exact) mass is 378 g/mol. The second kappa shape index (κ2) is 7.20. The summed E-state index contributed by atoms with van der Waals surface area (Å²) in [4.78, 5) is 8.60. The first kappa shape index (κ1) is 17.2. The summed E-state index contributed by atoms with van der Waals surface area (Å²) >= 11 is 0.